The van der Waals surface area contributed by atoms with E-state index in [2.05, 4.69) is 68.0 Å². The summed E-state index contributed by atoms with van der Waals surface area (Å²) in [7, 11) is 2.16. The third-order valence-electron chi connectivity index (χ3n) is 6.88. The van der Waals surface area contributed by atoms with Crippen LogP contribution in [-0.4, -0.2) is 70.4 Å². The first kappa shape index (κ1) is 20.8. The van der Waals surface area contributed by atoms with Crippen molar-refractivity contribution in [3.63, 3.8) is 0 Å². The van der Waals surface area contributed by atoms with Gasteiger partial charge in [0.05, 0.1) is 17.6 Å². The number of hydrogen-bond acceptors (Lipinski definition) is 8. The minimum absolute atomic E-state index is 0.122. The summed E-state index contributed by atoms with van der Waals surface area (Å²) in [6.07, 6.45) is 5.23. The number of aromatic nitrogens is 4. The van der Waals surface area contributed by atoms with Crippen LogP contribution in [0.25, 0.3) is 11.0 Å². The lowest BCUT2D eigenvalue weighted by Crippen LogP contribution is -2.43. The number of piperazine rings is 1. The topological polar surface area (TPSA) is 86.7 Å². The highest BCUT2D eigenvalue weighted by molar-refractivity contribution is 5.79. The smallest absolute Gasteiger partial charge is 0.230 e. The number of hydrogen-bond donors (Lipinski definition) is 2. The molecule has 9 nitrogen and oxygen atoms in total. The highest BCUT2D eigenvalue weighted by atomic mass is 16.6. The fraction of sp³-hybridized carbons (Fsp3) is 0.542. The van der Waals surface area contributed by atoms with Crippen LogP contribution in [0.5, 0.6) is 0 Å². The van der Waals surface area contributed by atoms with Crippen molar-refractivity contribution in [1.29, 1.82) is 0 Å². The van der Waals surface area contributed by atoms with Crippen LogP contribution >= 0.6 is 0 Å². The average molecular weight is 449 g/mol. The number of likely N-dealkylation sites (N-methyl/N-ethyl adjacent to an activating group) is 1. The average Bonchev–Trinajstić information content (AvgIpc) is 3.54. The van der Waals surface area contributed by atoms with Crippen molar-refractivity contribution in [3.8, 4) is 0 Å². The molecule has 0 radical (unpaired) electrons. The molecule has 0 spiro atoms. The van der Waals surface area contributed by atoms with Gasteiger partial charge in [-0.25, -0.2) is 9.97 Å². The van der Waals surface area contributed by atoms with E-state index in [0.29, 0.717) is 17.9 Å². The van der Waals surface area contributed by atoms with Crippen LogP contribution < -0.4 is 15.5 Å². The third-order valence-corrected chi connectivity index (χ3v) is 6.88. The van der Waals surface area contributed by atoms with Gasteiger partial charge in [0.25, 0.3) is 0 Å². The van der Waals surface area contributed by atoms with Gasteiger partial charge in [0.1, 0.15) is 23.8 Å². The Balaban J connectivity index is 1.29. The van der Waals surface area contributed by atoms with Crippen LogP contribution in [-0.2, 0) is 4.74 Å². The zero-order valence-corrected chi connectivity index (χ0v) is 19.5. The molecular formula is C24H32N8O. The molecule has 2 unspecified atom stereocenters. The lowest BCUT2D eigenvalue weighted by molar-refractivity contribution is 0.172. The molecule has 0 aliphatic carbocycles. The number of pyridine rings is 1. The van der Waals surface area contributed by atoms with Gasteiger partial charge in [-0.15, -0.1) is 0 Å². The predicted molar refractivity (Wildman–Crippen MR) is 129 cm³/mol. The SMILES string of the molecule is CC(C)C[C@H]1CN(C)C2OC2c2cc3cnc(Nc4ccc(N5CCNCC5)cn4)nc3n21. The number of epoxide rings is 1. The lowest BCUT2D eigenvalue weighted by Gasteiger charge is -2.29. The molecule has 0 bridgehead atoms. The second-order valence-electron chi connectivity index (χ2n) is 9.85. The summed E-state index contributed by atoms with van der Waals surface area (Å²) >= 11 is 0. The van der Waals surface area contributed by atoms with E-state index >= 15 is 0 Å². The monoisotopic (exact) mass is 448 g/mol. The molecule has 3 aromatic heterocycles. The van der Waals surface area contributed by atoms with Gasteiger partial charge >= 0.3 is 0 Å². The molecule has 2 saturated heterocycles. The highest BCUT2D eigenvalue weighted by Crippen LogP contribution is 2.47. The van der Waals surface area contributed by atoms with Crippen molar-refractivity contribution in [1.82, 2.24) is 29.7 Å². The van der Waals surface area contributed by atoms with Crippen molar-refractivity contribution in [2.24, 2.45) is 5.92 Å². The van der Waals surface area contributed by atoms with Crippen LogP contribution in [0, 0.1) is 5.92 Å². The molecule has 3 aliphatic heterocycles. The Bertz CT molecular complexity index is 1140. The van der Waals surface area contributed by atoms with Crippen LogP contribution in [0.1, 0.15) is 38.1 Å². The van der Waals surface area contributed by atoms with Gasteiger partial charge in [-0.05, 0) is 37.6 Å². The molecule has 33 heavy (non-hydrogen) atoms. The first-order valence-corrected chi connectivity index (χ1v) is 12.0. The Labute approximate surface area is 194 Å². The standard InChI is InChI=1S/C24H32N8O/c1-15(2)10-18-14-30(3)23-21(33-23)19-11-16-12-27-24(29-22(16)32(18)19)28-20-5-4-17(13-26-20)31-8-6-25-7-9-31/h4-5,11-13,15,18,21,23,25H,6-10,14H2,1-3H3,(H,26,27,28,29)/t18-,21?,23?/m0/s1. The molecule has 3 aliphatic rings. The van der Waals surface area contributed by atoms with Crippen molar-refractivity contribution in [2.75, 3.05) is 50.0 Å². The van der Waals surface area contributed by atoms with Gasteiger partial charge in [0, 0.05) is 50.3 Å². The molecule has 2 fully saturated rings. The van der Waals surface area contributed by atoms with Gasteiger partial charge in [-0.3, -0.25) is 4.90 Å². The molecule has 9 heteroatoms. The summed E-state index contributed by atoms with van der Waals surface area (Å²) in [5.41, 5.74) is 3.33. The Morgan fingerprint density at radius 2 is 2.03 bits per heavy atom. The second kappa shape index (κ2) is 8.23. The van der Waals surface area contributed by atoms with E-state index in [-0.39, 0.29) is 12.3 Å². The number of rotatable bonds is 5. The second-order valence-corrected chi connectivity index (χ2v) is 9.85. The summed E-state index contributed by atoms with van der Waals surface area (Å²) in [4.78, 5) is 18.8. The normalized spacial score (nSPS) is 25.1. The van der Waals surface area contributed by atoms with Crippen molar-refractivity contribution in [2.45, 2.75) is 38.6 Å². The molecule has 174 valence electrons. The first-order chi connectivity index (χ1) is 16.1. The van der Waals surface area contributed by atoms with Gasteiger partial charge in [0.15, 0.2) is 0 Å². The predicted octanol–water partition coefficient (Wildman–Crippen LogP) is 2.91. The van der Waals surface area contributed by atoms with E-state index in [1.165, 1.54) is 5.69 Å². The summed E-state index contributed by atoms with van der Waals surface area (Å²) in [6.45, 7) is 9.55. The summed E-state index contributed by atoms with van der Waals surface area (Å²) < 4.78 is 8.39. The molecule has 0 aromatic carbocycles. The van der Waals surface area contributed by atoms with Crippen LogP contribution in [0.4, 0.5) is 17.5 Å². The Morgan fingerprint density at radius 3 is 2.79 bits per heavy atom. The lowest BCUT2D eigenvalue weighted by atomic mass is 10.0. The van der Waals surface area contributed by atoms with E-state index in [1.54, 1.807) is 0 Å². The van der Waals surface area contributed by atoms with Crippen LogP contribution in [0.15, 0.2) is 30.6 Å². The fourth-order valence-corrected chi connectivity index (χ4v) is 5.27. The third kappa shape index (κ3) is 3.94. The molecule has 6 heterocycles. The van der Waals surface area contributed by atoms with Crippen LogP contribution in [0.2, 0.25) is 0 Å². The summed E-state index contributed by atoms with van der Waals surface area (Å²) in [5.74, 6) is 1.92. The van der Waals surface area contributed by atoms with Crippen molar-refractivity contribution < 1.29 is 4.74 Å². The number of anilines is 3. The quantitative estimate of drug-likeness (QED) is 0.576. The molecule has 2 N–H and O–H groups in total. The van der Waals surface area contributed by atoms with Crippen molar-refractivity contribution in [3.05, 3.63) is 36.3 Å². The summed E-state index contributed by atoms with van der Waals surface area (Å²) in [6, 6.07) is 6.68. The minimum Gasteiger partial charge on any atom is -0.368 e. The number of nitrogens with zero attached hydrogens (tertiary/aromatic N) is 6. The van der Waals surface area contributed by atoms with Gasteiger partial charge in [-0.2, -0.15) is 4.98 Å². The number of fused-ring (bicyclic) bond motifs is 5. The molecule has 6 rings (SSSR count). The zero-order valence-electron chi connectivity index (χ0n) is 19.5. The molecule has 3 atom stereocenters. The fourth-order valence-electron chi connectivity index (χ4n) is 5.27. The van der Waals surface area contributed by atoms with E-state index in [4.69, 9.17) is 9.72 Å². The van der Waals surface area contributed by atoms with Gasteiger partial charge < -0.3 is 24.8 Å². The first-order valence-electron chi connectivity index (χ1n) is 12.0. The van der Waals surface area contributed by atoms with E-state index < -0.39 is 0 Å². The number of nitrogens with one attached hydrogen (secondary N) is 2. The van der Waals surface area contributed by atoms with E-state index in [1.807, 2.05) is 18.5 Å². The minimum atomic E-state index is 0.122. The largest absolute Gasteiger partial charge is 0.368 e. The Hall–Kier alpha value is -2.75. The van der Waals surface area contributed by atoms with Crippen molar-refractivity contribution >= 4 is 28.5 Å². The Kier molecular flexibility index (Phi) is 5.20. The zero-order chi connectivity index (χ0) is 22.5. The van der Waals surface area contributed by atoms with E-state index in [9.17, 15) is 0 Å². The maximum absolute atomic E-state index is 5.99. The Morgan fingerprint density at radius 1 is 1.18 bits per heavy atom. The van der Waals surface area contributed by atoms with Gasteiger partial charge in [-0.1, -0.05) is 13.8 Å². The molecule has 0 amide bonds. The summed E-state index contributed by atoms with van der Waals surface area (Å²) in [5, 5.41) is 7.75. The van der Waals surface area contributed by atoms with Crippen LogP contribution in [0.3, 0.4) is 0 Å². The highest BCUT2D eigenvalue weighted by Gasteiger charge is 2.49. The molecular weight excluding hydrogens is 416 g/mol. The molecule has 0 saturated carbocycles. The molecule has 3 aromatic rings. The van der Waals surface area contributed by atoms with Gasteiger partial charge in [0.2, 0.25) is 5.95 Å². The maximum atomic E-state index is 5.99. The number of ether oxygens (including phenoxy) is 1. The van der Waals surface area contributed by atoms with E-state index in [0.717, 1.165) is 61.7 Å². The maximum Gasteiger partial charge on any atom is 0.230 e.